The topological polar surface area (TPSA) is 41.6 Å². The standard InChI is InChI=1S/C18H23N3/c1-11-2-3-19-17-16(11)20-15(21-17)10-18-7-12-4-13(8-18)6-14(5-12)9-18/h2-3,12-14H,4-10H2,1H3,(H,19,20,21). The van der Waals surface area contributed by atoms with E-state index in [1.807, 2.05) is 6.20 Å². The fraction of sp³-hybridized carbons (Fsp3) is 0.667. The van der Waals surface area contributed by atoms with Gasteiger partial charge in [-0.3, -0.25) is 0 Å². The zero-order valence-electron chi connectivity index (χ0n) is 12.7. The van der Waals surface area contributed by atoms with Crippen molar-refractivity contribution in [2.24, 2.45) is 23.2 Å². The number of hydrogen-bond donors (Lipinski definition) is 1. The van der Waals surface area contributed by atoms with Crippen molar-refractivity contribution in [3.8, 4) is 0 Å². The Hall–Kier alpha value is -1.38. The van der Waals surface area contributed by atoms with E-state index in [2.05, 4.69) is 23.0 Å². The molecular formula is C18H23N3. The smallest absolute Gasteiger partial charge is 0.177 e. The minimum atomic E-state index is 0.552. The van der Waals surface area contributed by atoms with Crippen molar-refractivity contribution in [1.82, 2.24) is 15.0 Å². The third-order valence-corrected chi connectivity index (χ3v) is 6.36. The molecule has 3 nitrogen and oxygen atoms in total. The molecule has 6 rings (SSSR count). The van der Waals surface area contributed by atoms with Gasteiger partial charge < -0.3 is 4.98 Å². The van der Waals surface area contributed by atoms with Crippen LogP contribution in [0.4, 0.5) is 0 Å². The highest BCUT2D eigenvalue weighted by Gasteiger charge is 2.50. The van der Waals surface area contributed by atoms with Gasteiger partial charge in [0.25, 0.3) is 0 Å². The van der Waals surface area contributed by atoms with Crippen LogP contribution in [0.3, 0.4) is 0 Å². The predicted octanol–water partition coefficient (Wildman–Crippen LogP) is 4.03. The monoisotopic (exact) mass is 281 g/mol. The summed E-state index contributed by atoms with van der Waals surface area (Å²) in [5, 5.41) is 0. The van der Waals surface area contributed by atoms with E-state index in [0.29, 0.717) is 5.41 Å². The summed E-state index contributed by atoms with van der Waals surface area (Å²) in [6.45, 7) is 2.14. The van der Waals surface area contributed by atoms with E-state index < -0.39 is 0 Å². The molecule has 4 aliphatic rings. The van der Waals surface area contributed by atoms with E-state index in [9.17, 15) is 0 Å². The number of nitrogens with zero attached hydrogens (tertiary/aromatic N) is 2. The number of nitrogens with one attached hydrogen (secondary N) is 1. The Bertz CT molecular complexity index is 664. The second-order valence-corrected chi connectivity index (χ2v) is 8.10. The number of aromatic amines is 1. The van der Waals surface area contributed by atoms with Gasteiger partial charge >= 0.3 is 0 Å². The van der Waals surface area contributed by atoms with Crippen LogP contribution < -0.4 is 0 Å². The molecular weight excluding hydrogens is 258 g/mol. The summed E-state index contributed by atoms with van der Waals surface area (Å²) in [6, 6.07) is 2.06. The number of aromatic nitrogens is 3. The molecule has 0 spiro atoms. The highest BCUT2D eigenvalue weighted by atomic mass is 15.0. The molecule has 4 aliphatic carbocycles. The molecule has 1 N–H and O–H groups in total. The highest BCUT2D eigenvalue weighted by molar-refractivity contribution is 5.74. The number of hydrogen-bond acceptors (Lipinski definition) is 2. The van der Waals surface area contributed by atoms with Crippen molar-refractivity contribution in [3.63, 3.8) is 0 Å². The molecule has 0 saturated heterocycles. The summed E-state index contributed by atoms with van der Waals surface area (Å²) in [5.74, 6) is 4.22. The Kier molecular flexibility index (Phi) is 2.37. The summed E-state index contributed by atoms with van der Waals surface area (Å²) in [5.41, 5.74) is 3.84. The van der Waals surface area contributed by atoms with Crippen LogP contribution in [0.25, 0.3) is 11.2 Å². The minimum Gasteiger partial charge on any atom is -0.340 e. The zero-order chi connectivity index (χ0) is 14.0. The Morgan fingerprint density at radius 3 is 2.43 bits per heavy atom. The summed E-state index contributed by atoms with van der Waals surface area (Å²) >= 11 is 0. The van der Waals surface area contributed by atoms with Gasteiger partial charge in [0, 0.05) is 12.6 Å². The average Bonchev–Trinajstić information content (AvgIpc) is 2.80. The Morgan fingerprint density at radius 2 is 1.81 bits per heavy atom. The van der Waals surface area contributed by atoms with Gasteiger partial charge in [-0.05, 0) is 80.2 Å². The van der Waals surface area contributed by atoms with Crippen LogP contribution in [0.2, 0.25) is 0 Å². The van der Waals surface area contributed by atoms with Crippen molar-refractivity contribution in [1.29, 1.82) is 0 Å². The first-order valence-corrected chi connectivity index (χ1v) is 8.49. The number of imidazole rings is 1. The van der Waals surface area contributed by atoms with Gasteiger partial charge in [0.05, 0.1) is 5.52 Å². The van der Waals surface area contributed by atoms with E-state index in [1.165, 1.54) is 49.9 Å². The van der Waals surface area contributed by atoms with Crippen LogP contribution in [0.15, 0.2) is 12.3 Å². The van der Waals surface area contributed by atoms with Crippen LogP contribution in [0.1, 0.15) is 49.9 Å². The van der Waals surface area contributed by atoms with E-state index in [4.69, 9.17) is 4.98 Å². The quantitative estimate of drug-likeness (QED) is 0.903. The molecule has 0 radical (unpaired) electrons. The van der Waals surface area contributed by atoms with Crippen LogP contribution in [-0.2, 0) is 6.42 Å². The van der Waals surface area contributed by atoms with Crippen molar-refractivity contribution in [3.05, 3.63) is 23.7 Å². The second-order valence-electron chi connectivity index (χ2n) is 8.10. The van der Waals surface area contributed by atoms with Gasteiger partial charge in [-0.2, -0.15) is 0 Å². The number of pyridine rings is 1. The molecule has 4 fully saturated rings. The van der Waals surface area contributed by atoms with Gasteiger partial charge in [-0.15, -0.1) is 0 Å². The Labute approximate surface area is 125 Å². The lowest BCUT2D eigenvalue weighted by Crippen LogP contribution is -2.47. The molecule has 0 unspecified atom stereocenters. The zero-order valence-corrected chi connectivity index (χ0v) is 12.7. The summed E-state index contributed by atoms with van der Waals surface area (Å²) in [7, 11) is 0. The Balaban J connectivity index is 1.49. The summed E-state index contributed by atoms with van der Waals surface area (Å²) in [4.78, 5) is 12.8. The third-order valence-electron chi connectivity index (χ3n) is 6.36. The molecule has 0 amide bonds. The molecule has 4 bridgehead atoms. The van der Waals surface area contributed by atoms with Gasteiger partial charge in [0.2, 0.25) is 0 Å². The van der Waals surface area contributed by atoms with Gasteiger partial charge in [0.15, 0.2) is 5.65 Å². The molecule has 110 valence electrons. The maximum absolute atomic E-state index is 4.78. The maximum Gasteiger partial charge on any atom is 0.177 e. The third kappa shape index (κ3) is 1.86. The fourth-order valence-corrected chi connectivity index (χ4v) is 6.03. The molecule has 0 aromatic carbocycles. The first-order valence-electron chi connectivity index (χ1n) is 8.49. The van der Waals surface area contributed by atoms with E-state index in [-0.39, 0.29) is 0 Å². The molecule has 0 aliphatic heterocycles. The number of fused-ring (bicyclic) bond motifs is 1. The second kappa shape index (κ2) is 4.08. The molecule has 2 aromatic rings. The molecule has 3 heteroatoms. The molecule has 4 saturated carbocycles. The van der Waals surface area contributed by atoms with Crippen molar-refractivity contribution in [2.45, 2.75) is 51.9 Å². The maximum atomic E-state index is 4.78. The summed E-state index contributed by atoms with van der Waals surface area (Å²) < 4.78 is 0. The first-order chi connectivity index (χ1) is 10.2. The van der Waals surface area contributed by atoms with Crippen LogP contribution >= 0.6 is 0 Å². The van der Waals surface area contributed by atoms with Gasteiger partial charge in [-0.1, -0.05) is 0 Å². The average molecular weight is 281 g/mol. The van der Waals surface area contributed by atoms with Gasteiger partial charge in [0.1, 0.15) is 5.82 Å². The minimum absolute atomic E-state index is 0.552. The van der Waals surface area contributed by atoms with E-state index in [1.54, 1.807) is 0 Å². The largest absolute Gasteiger partial charge is 0.340 e. The van der Waals surface area contributed by atoms with E-state index in [0.717, 1.165) is 35.3 Å². The van der Waals surface area contributed by atoms with Crippen molar-refractivity contribution < 1.29 is 0 Å². The SMILES string of the molecule is Cc1ccnc2nc(CC34CC5CC(CC(C5)C3)C4)[nH]c12. The van der Waals surface area contributed by atoms with Gasteiger partial charge in [-0.25, -0.2) is 9.97 Å². The Morgan fingerprint density at radius 1 is 1.14 bits per heavy atom. The van der Waals surface area contributed by atoms with Crippen LogP contribution in [0, 0.1) is 30.1 Å². The molecule has 0 atom stereocenters. The number of aryl methyl sites for hydroxylation is 1. The first kappa shape index (κ1) is 12.2. The van der Waals surface area contributed by atoms with Crippen molar-refractivity contribution in [2.75, 3.05) is 0 Å². The van der Waals surface area contributed by atoms with Crippen LogP contribution in [-0.4, -0.2) is 15.0 Å². The summed E-state index contributed by atoms with van der Waals surface area (Å²) in [6.07, 6.45) is 11.9. The predicted molar refractivity (Wildman–Crippen MR) is 82.9 cm³/mol. The lowest BCUT2D eigenvalue weighted by atomic mass is 9.49. The highest BCUT2D eigenvalue weighted by Crippen LogP contribution is 2.60. The lowest BCUT2D eigenvalue weighted by Gasteiger charge is -2.56. The van der Waals surface area contributed by atoms with Crippen molar-refractivity contribution >= 4 is 11.2 Å². The lowest BCUT2D eigenvalue weighted by molar-refractivity contribution is -0.0530. The van der Waals surface area contributed by atoms with E-state index >= 15 is 0 Å². The molecule has 2 heterocycles. The number of rotatable bonds is 2. The molecule has 2 aromatic heterocycles. The fourth-order valence-electron chi connectivity index (χ4n) is 6.03. The number of H-pyrrole nitrogens is 1. The normalized spacial score (nSPS) is 37.5. The molecule has 21 heavy (non-hydrogen) atoms. The van der Waals surface area contributed by atoms with Crippen LogP contribution in [0.5, 0.6) is 0 Å².